The largest absolute Gasteiger partial charge is 0.497 e. The zero-order valence-corrected chi connectivity index (χ0v) is 21.5. The SMILES string of the molecule is COc1ccc(CNC(=O)C(CCC(N)/C(N)=N\[N+](=O)[O-])NC(=O)C(c2ccccc2)c2ccccc2)cc1. The summed E-state index contributed by atoms with van der Waals surface area (Å²) in [4.78, 5) is 37.6. The first-order valence-electron chi connectivity index (χ1n) is 12.3. The molecule has 0 aliphatic rings. The molecule has 0 heterocycles. The number of amidine groups is 1. The van der Waals surface area contributed by atoms with E-state index >= 15 is 0 Å². The van der Waals surface area contributed by atoms with Gasteiger partial charge in [-0.25, -0.2) is 10.1 Å². The fourth-order valence-electron chi connectivity index (χ4n) is 4.03. The Kier molecular flexibility index (Phi) is 10.5. The number of carbonyl (C=O) groups is 2. The quantitative estimate of drug-likeness (QED) is 0.113. The molecule has 3 aromatic carbocycles. The third kappa shape index (κ3) is 8.64. The molecule has 2 atom stereocenters. The molecular formula is C28H32N6O5. The number of nitro groups is 1. The Morgan fingerprint density at radius 3 is 2.00 bits per heavy atom. The van der Waals surface area contributed by atoms with Gasteiger partial charge in [-0.2, -0.15) is 0 Å². The average Bonchev–Trinajstić information content (AvgIpc) is 2.95. The molecule has 0 spiro atoms. The fourth-order valence-corrected chi connectivity index (χ4v) is 4.03. The van der Waals surface area contributed by atoms with Gasteiger partial charge in [-0.3, -0.25) is 9.59 Å². The molecule has 0 aliphatic carbocycles. The summed E-state index contributed by atoms with van der Waals surface area (Å²) in [5.74, 6) is -1.16. The molecule has 0 saturated carbocycles. The lowest BCUT2D eigenvalue weighted by atomic mass is 9.90. The van der Waals surface area contributed by atoms with Crippen molar-refractivity contribution < 1.29 is 19.4 Å². The van der Waals surface area contributed by atoms with Crippen LogP contribution in [0.15, 0.2) is 90.0 Å². The second kappa shape index (κ2) is 14.2. The molecule has 0 aliphatic heterocycles. The van der Waals surface area contributed by atoms with Crippen molar-refractivity contribution in [2.45, 2.75) is 37.4 Å². The number of rotatable bonds is 13. The minimum atomic E-state index is -0.986. The molecule has 204 valence electrons. The van der Waals surface area contributed by atoms with Crippen molar-refractivity contribution in [1.82, 2.24) is 10.6 Å². The van der Waals surface area contributed by atoms with Crippen molar-refractivity contribution in [1.29, 1.82) is 0 Å². The van der Waals surface area contributed by atoms with Crippen molar-refractivity contribution in [3.63, 3.8) is 0 Å². The lowest BCUT2D eigenvalue weighted by Crippen LogP contribution is -2.49. The Labute approximate surface area is 226 Å². The van der Waals surface area contributed by atoms with Crippen molar-refractivity contribution in [2.75, 3.05) is 7.11 Å². The maximum Gasteiger partial charge on any atom is 0.242 e. The summed E-state index contributed by atoms with van der Waals surface area (Å²) in [6, 6.07) is 23.7. The van der Waals surface area contributed by atoms with E-state index in [2.05, 4.69) is 15.7 Å². The molecule has 11 heteroatoms. The summed E-state index contributed by atoms with van der Waals surface area (Å²) in [5.41, 5.74) is 13.9. The zero-order valence-electron chi connectivity index (χ0n) is 21.5. The topological polar surface area (TPSA) is 175 Å². The number of amides is 2. The minimum absolute atomic E-state index is 0.0748. The molecule has 2 amide bonds. The van der Waals surface area contributed by atoms with Gasteiger partial charge < -0.3 is 26.8 Å². The molecule has 0 saturated heterocycles. The number of benzene rings is 3. The number of methoxy groups -OCH3 is 1. The lowest BCUT2D eigenvalue weighted by Gasteiger charge is -2.24. The molecule has 39 heavy (non-hydrogen) atoms. The summed E-state index contributed by atoms with van der Waals surface area (Å²) in [5, 5.41) is 18.5. The Balaban J connectivity index is 1.80. The first-order chi connectivity index (χ1) is 18.8. The molecular weight excluding hydrogens is 500 g/mol. The van der Waals surface area contributed by atoms with Gasteiger partial charge in [0.25, 0.3) is 0 Å². The first kappa shape index (κ1) is 28.8. The average molecular weight is 533 g/mol. The van der Waals surface area contributed by atoms with Crippen molar-refractivity contribution in [2.24, 2.45) is 16.6 Å². The Morgan fingerprint density at radius 2 is 1.49 bits per heavy atom. The normalized spacial score (nSPS) is 12.8. The molecule has 0 aromatic heterocycles. The van der Waals surface area contributed by atoms with E-state index in [1.165, 1.54) is 0 Å². The maximum absolute atomic E-state index is 13.7. The number of hydrogen-bond donors (Lipinski definition) is 4. The van der Waals surface area contributed by atoms with Gasteiger partial charge in [-0.1, -0.05) is 72.8 Å². The third-order valence-corrected chi connectivity index (χ3v) is 6.13. The van der Waals surface area contributed by atoms with Crippen LogP contribution in [-0.4, -0.2) is 41.9 Å². The Bertz CT molecular complexity index is 1230. The smallest absolute Gasteiger partial charge is 0.242 e. The summed E-state index contributed by atoms with van der Waals surface area (Å²) in [6.45, 7) is 0.215. The van der Waals surface area contributed by atoms with Crippen LogP contribution in [0.25, 0.3) is 0 Å². The maximum atomic E-state index is 13.7. The zero-order chi connectivity index (χ0) is 28.2. The van der Waals surface area contributed by atoms with E-state index in [9.17, 15) is 19.7 Å². The van der Waals surface area contributed by atoms with E-state index in [0.717, 1.165) is 16.7 Å². The van der Waals surface area contributed by atoms with Crippen LogP contribution in [0, 0.1) is 10.1 Å². The summed E-state index contributed by atoms with van der Waals surface area (Å²) in [6.07, 6.45) is 0.150. The second-order valence-corrected chi connectivity index (χ2v) is 8.83. The Hall–Kier alpha value is -4.77. The minimum Gasteiger partial charge on any atom is -0.497 e. The molecule has 0 fully saturated rings. The summed E-state index contributed by atoms with van der Waals surface area (Å²) >= 11 is 0. The van der Waals surface area contributed by atoms with Crippen molar-refractivity contribution >= 4 is 17.6 Å². The van der Waals surface area contributed by atoms with Crippen LogP contribution in [0.5, 0.6) is 5.75 Å². The predicted octanol–water partition coefficient (Wildman–Crippen LogP) is 2.28. The van der Waals surface area contributed by atoms with E-state index in [1.54, 1.807) is 19.2 Å². The van der Waals surface area contributed by atoms with Crippen LogP contribution in [-0.2, 0) is 16.1 Å². The van der Waals surface area contributed by atoms with Crippen LogP contribution in [0.1, 0.15) is 35.4 Å². The number of carbonyl (C=O) groups excluding carboxylic acids is 2. The van der Waals surface area contributed by atoms with E-state index in [4.69, 9.17) is 16.2 Å². The second-order valence-electron chi connectivity index (χ2n) is 8.83. The van der Waals surface area contributed by atoms with Gasteiger partial charge in [0.15, 0.2) is 10.9 Å². The Morgan fingerprint density at radius 1 is 0.923 bits per heavy atom. The highest BCUT2D eigenvalue weighted by atomic mass is 16.7. The summed E-state index contributed by atoms with van der Waals surface area (Å²) < 4.78 is 5.16. The molecule has 11 nitrogen and oxygen atoms in total. The van der Waals surface area contributed by atoms with Crippen LogP contribution in [0.2, 0.25) is 0 Å². The van der Waals surface area contributed by atoms with Crippen molar-refractivity contribution in [3.8, 4) is 5.75 Å². The van der Waals surface area contributed by atoms with Gasteiger partial charge in [0, 0.05) is 6.54 Å². The number of ether oxygens (including phenoxy) is 1. The predicted molar refractivity (Wildman–Crippen MR) is 147 cm³/mol. The number of nitrogens with one attached hydrogen (secondary N) is 2. The molecule has 0 radical (unpaired) electrons. The molecule has 0 bridgehead atoms. The standard InChI is InChI=1S/C28H32N6O5/c1-39-22-14-12-19(13-15-22)18-31-27(35)24(17-16-23(29)26(30)33-34(37)38)32-28(36)25(20-8-4-2-5-9-20)21-10-6-3-7-11-21/h2-15,23-25H,16-18,29H2,1H3,(H2,30,33)(H,31,35)(H,32,36). The highest BCUT2D eigenvalue weighted by Gasteiger charge is 2.28. The molecule has 3 aromatic rings. The number of nitrogens with zero attached hydrogens (tertiary/aromatic N) is 2. The van der Waals surface area contributed by atoms with Gasteiger partial charge in [0.05, 0.1) is 24.2 Å². The first-order valence-corrected chi connectivity index (χ1v) is 12.3. The van der Waals surface area contributed by atoms with Gasteiger partial charge >= 0.3 is 0 Å². The molecule has 3 rings (SSSR count). The molecule has 6 N–H and O–H groups in total. The number of hydrazone groups is 1. The van der Waals surface area contributed by atoms with E-state index in [0.29, 0.717) is 5.75 Å². The number of hydrogen-bond acceptors (Lipinski definition) is 6. The van der Waals surface area contributed by atoms with Crippen LogP contribution < -0.4 is 26.8 Å². The van der Waals surface area contributed by atoms with Gasteiger partial charge in [-0.15, -0.1) is 0 Å². The number of nitrogens with two attached hydrogens (primary N) is 2. The van der Waals surface area contributed by atoms with Crippen LogP contribution in [0.3, 0.4) is 0 Å². The van der Waals surface area contributed by atoms with E-state index in [1.807, 2.05) is 72.8 Å². The van der Waals surface area contributed by atoms with Crippen LogP contribution >= 0.6 is 0 Å². The lowest BCUT2D eigenvalue weighted by molar-refractivity contribution is -0.485. The van der Waals surface area contributed by atoms with Gasteiger partial charge in [0.2, 0.25) is 11.8 Å². The highest BCUT2D eigenvalue weighted by Crippen LogP contribution is 2.25. The van der Waals surface area contributed by atoms with E-state index in [-0.39, 0.29) is 31.1 Å². The third-order valence-electron chi connectivity index (χ3n) is 6.13. The molecule has 2 unspecified atom stereocenters. The van der Waals surface area contributed by atoms with Crippen molar-refractivity contribution in [3.05, 3.63) is 112 Å². The monoisotopic (exact) mass is 532 g/mol. The van der Waals surface area contributed by atoms with E-state index < -0.39 is 28.9 Å². The van der Waals surface area contributed by atoms with Gasteiger partial charge in [0.1, 0.15) is 11.8 Å². The van der Waals surface area contributed by atoms with Gasteiger partial charge in [-0.05, 0) is 41.7 Å². The fraction of sp³-hybridized carbons (Fsp3) is 0.250. The summed E-state index contributed by atoms with van der Waals surface area (Å²) in [7, 11) is 1.57. The van der Waals surface area contributed by atoms with Crippen LogP contribution in [0.4, 0.5) is 0 Å². The highest BCUT2D eigenvalue weighted by molar-refractivity contribution is 5.92.